The molecule has 0 aromatic heterocycles. The number of benzene rings is 1. The van der Waals surface area contributed by atoms with Crippen molar-refractivity contribution in [3.8, 4) is 0 Å². The predicted octanol–water partition coefficient (Wildman–Crippen LogP) is 2.68. The molecule has 0 saturated carbocycles. The second-order valence-corrected chi connectivity index (χ2v) is 5.59. The fourth-order valence-corrected chi connectivity index (χ4v) is 2.52. The maximum atomic E-state index is 3.52. The van der Waals surface area contributed by atoms with Crippen molar-refractivity contribution >= 4 is 15.9 Å². The van der Waals surface area contributed by atoms with Crippen LogP contribution in [0.1, 0.15) is 18.4 Å². The molecule has 2 nitrogen and oxygen atoms in total. The number of likely N-dealkylation sites (tertiary alicyclic amines) is 1. The Hall–Kier alpha value is -0.380. The van der Waals surface area contributed by atoms with Gasteiger partial charge in [0.15, 0.2) is 0 Å². The molecule has 1 aliphatic heterocycles. The van der Waals surface area contributed by atoms with Gasteiger partial charge in [-0.15, -0.1) is 0 Å². The number of nitrogens with zero attached hydrogens (tertiary/aromatic N) is 1. The van der Waals surface area contributed by atoms with E-state index in [-0.39, 0.29) is 0 Å². The molecule has 0 unspecified atom stereocenters. The highest BCUT2D eigenvalue weighted by Crippen LogP contribution is 2.10. The minimum Gasteiger partial charge on any atom is -0.315 e. The van der Waals surface area contributed by atoms with E-state index >= 15 is 0 Å². The van der Waals surface area contributed by atoms with Crippen LogP contribution >= 0.6 is 15.9 Å². The standard InChI is InChI=1S/C14H21BrN2/c15-14-5-3-13(4-6-14)7-8-16-9-12-17-10-1-2-11-17/h3-6,16H,1-2,7-12H2. The lowest BCUT2D eigenvalue weighted by molar-refractivity contribution is 0.336. The van der Waals surface area contributed by atoms with Crippen LogP contribution in [0.5, 0.6) is 0 Å². The van der Waals surface area contributed by atoms with E-state index in [1.54, 1.807) is 0 Å². The van der Waals surface area contributed by atoms with Gasteiger partial charge in [-0.3, -0.25) is 0 Å². The molecule has 1 fully saturated rings. The Morgan fingerprint density at radius 2 is 1.76 bits per heavy atom. The fraction of sp³-hybridized carbons (Fsp3) is 0.571. The number of hydrogen-bond acceptors (Lipinski definition) is 2. The molecular weight excluding hydrogens is 276 g/mol. The molecule has 0 radical (unpaired) electrons. The molecule has 1 aromatic carbocycles. The molecule has 1 saturated heterocycles. The van der Waals surface area contributed by atoms with Crippen molar-refractivity contribution in [2.45, 2.75) is 19.3 Å². The topological polar surface area (TPSA) is 15.3 Å². The number of rotatable bonds is 6. The Kier molecular flexibility index (Phi) is 5.49. The summed E-state index contributed by atoms with van der Waals surface area (Å²) in [5.74, 6) is 0. The smallest absolute Gasteiger partial charge is 0.0175 e. The monoisotopic (exact) mass is 296 g/mol. The molecule has 0 bridgehead atoms. The summed E-state index contributed by atoms with van der Waals surface area (Å²) in [7, 11) is 0. The first-order valence-corrected chi connectivity index (χ1v) is 7.31. The van der Waals surface area contributed by atoms with Crippen LogP contribution in [0.3, 0.4) is 0 Å². The summed E-state index contributed by atoms with van der Waals surface area (Å²) in [5, 5.41) is 3.52. The Morgan fingerprint density at radius 1 is 1.06 bits per heavy atom. The van der Waals surface area contributed by atoms with E-state index in [4.69, 9.17) is 0 Å². The third-order valence-corrected chi connectivity index (χ3v) is 3.84. The van der Waals surface area contributed by atoms with Crippen LogP contribution in [0.15, 0.2) is 28.7 Å². The van der Waals surface area contributed by atoms with Crippen LogP contribution in [0.2, 0.25) is 0 Å². The minimum atomic E-state index is 1.08. The second kappa shape index (κ2) is 7.14. The van der Waals surface area contributed by atoms with Crippen LogP contribution in [0.25, 0.3) is 0 Å². The van der Waals surface area contributed by atoms with Gasteiger partial charge in [-0.1, -0.05) is 28.1 Å². The summed E-state index contributed by atoms with van der Waals surface area (Å²) >= 11 is 3.46. The number of halogens is 1. The van der Waals surface area contributed by atoms with Gasteiger partial charge in [-0.05, 0) is 56.6 Å². The molecular formula is C14H21BrN2. The SMILES string of the molecule is Brc1ccc(CCNCCN2CCCC2)cc1. The largest absolute Gasteiger partial charge is 0.315 e. The van der Waals surface area contributed by atoms with Gasteiger partial charge in [-0.2, -0.15) is 0 Å². The van der Waals surface area contributed by atoms with E-state index in [1.807, 2.05) is 0 Å². The van der Waals surface area contributed by atoms with Gasteiger partial charge < -0.3 is 10.2 Å². The molecule has 0 atom stereocenters. The molecule has 0 amide bonds. The van der Waals surface area contributed by atoms with Gasteiger partial charge in [0.25, 0.3) is 0 Å². The van der Waals surface area contributed by atoms with Crippen LogP contribution in [-0.2, 0) is 6.42 Å². The van der Waals surface area contributed by atoms with Gasteiger partial charge in [-0.25, -0.2) is 0 Å². The lowest BCUT2D eigenvalue weighted by Crippen LogP contribution is -2.30. The average Bonchev–Trinajstić information content (AvgIpc) is 2.84. The maximum Gasteiger partial charge on any atom is 0.0175 e. The minimum absolute atomic E-state index is 1.08. The predicted molar refractivity (Wildman–Crippen MR) is 76.4 cm³/mol. The first-order chi connectivity index (χ1) is 8.34. The van der Waals surface area contributed by atoms with E-state index in [0.717, 1.165) is 24.0 Å². The second-order valence-electron chi connectivity index (χ2n) is 4.68. The van der Waals surface area contributed by atoms with Crippen molar-refractivity contribution in [1.82, 2.24) is 10.2 Å². The highest BCUT2D eigenvalue weighted by atomic mass is 79.9. The average molecular weight is 297 g/mol. The summed E-state index contributed by atoms with van der Waals surface area (Å²) in [6, 6.07) is 8.59. The first kappa shape index (κ1) is 13.1. The molecule has 3 heteroatoms. The zero-order valence-electron chi connectivity index (χ0n) is 10.3. The zero-order chi connectivity index (χ0) is 11.9. The van der Waals surface area contributed by atoms with E-state index < -0.39 is 0 Å². The zero-order valence-corrected chi connectivity index (χ0v) is 11.9. The number of nitrogens with one attached hydrogen (secondary N) is 1. The Balaban J connectivity index is 1.55. The molecule has 2 rings (SSSR count). The summed E-state index contributed by atoms with van der Waals surface area (Å²) in [6.07, 6.45) is 3.89. The van der Waals surface area contributed by atoms with Crippen LogP contribution in [0.4, 0.5) is 0 Å². The first-order valence-electron chi connectivity index (χ1n) is 6.52. The van der Waals surface area contributed by atoms with Gasteiger partial charge in [0, 0.05) is 17.6 Å². The lowest BCUT2D eigenvalue weighted by Gasteiger charge is -2.14. The maximum absolute atomic E-state index is 3.52. The molecule has 1 aromatic rings. The lowest BCUT2D eigenvalue weighted by atomic mass is 10.1. The third kappa shape index (κ3) is 4.78. The molecule has 0 aliphatic carbocycles. The van der Waals surface area contributed by atoms with Crippen LogP contribution in [0, 0.1) is 0 Å². The Labute approximate surface area is 113 Å². The van der Waals surface area contributed by atoms with Crippen molar-refractivity contribution in [3.05, 3.63) is 34.3 Å². The van der Waals surface area contributed by atoms with Gasteiger partial charge >= 0.3 is 0 Å². The fourth-order valence-electron chi connectivity index (χ4n) is 2.25. The normalized spacial score (nSPS) is 16.5. The van der Waals surface area contributed by atoms with Crippen molar-refractivity contribution in [2.24, 2.45) is 0 Å². The molecule has 1 N–H and O–H groups in total. The van der Waals surface area contributed by atoms with Gasteiger partial charge in [0.05, 0.1) is 0 Å². The van der Waals surface area contributed by atoms with Crippen molar-refractivity contribution in [1.29, 1.82) is 0 Å². The highest BCUT2D eigenvalue weighted by molar-refractivity contribution is 9.10. The quantitative estimate of drug-likeness (QED) is 0.812. The van der Waals surface area contributed by atoms with Gasteiger partial charge in [0.1, 0.15) is 0 Å². The van der Waals surface area contributed by atoms with Crippen molar-refractivity contribution in [3.63, 3.8) is 0 Å². The van der Waals surface area contributed by atoms with Crippen LogP contribution < -0.4 is 5.32 Å². The van der Waals surface area contributed by atoms with Gasteiger partial charge in [0.2, 0.25) is 0 Å². The van der Waals surface area contributed by atoms with Crippen molar-refractivity contribution in [2.75, 3.05) is 32.7 Å². The third-order valence-electron chi connectivity index (χ3n) is 3.31. The van der Waals surface area contributed by atoms with E-state index in [9.17, 15) is 0 Å². The highest BCUT2D eigenvalue weighted by Gasteiger charge is 2.09. The van der Waals surface area contributed by atoms with Crippen molar-refractivity contribution < 1.29 is 0 Å². The summed E-state index contributed by atoms with van der Waals surface area (Å²) in [4.78, 5) is 2.55. The number of hydrogen-bond donors (Lipinski definition) is 1. The van der Waals surface area contributed by atoms with E-state index in [0.29, 0.717) is 0 Å². The molecule has 1 heterocycles. The van der Waals surface area contributed by atoms with E-state index in [1.165, 1.54) is 38.0 Å². The summed E-state index contributed by atoms with van der Waals surface area (Å²) in [5.41, 5.74) is 1.40. The van der Waals surface area contributed by atoms with E-state index in [2.05, 4.69) is 50.4 Å². The molecule has 17 heavy (non-hydrogen) atoms. The molecule has 1 aliphatic rings. The molecule has 0 spiro atoms. The summed E-state index contributed by atoms with van der Waals surface area (Å²) < 4.78 is 1.16. The Bertz CT molecular complexity index is 317. The Morgan fingerprint density at radius 3 is 2.47 bits per heavy atom. The summed E-state index contributed by atoms with van der Waals surface area (Å²) in [6.45, 7) is 6.01. The van der Waals surface area contributed by atoms with Crippen LogP contribution in [-0.4, -0.2) is 37.6 Å². The molecule has 94 valence electrons.